The topological polar surface area (TPSA) is 78.5 Å². The molecule has 0 bridgehead atoms. The minimum atomic E-state index is -0.715. The Bertz CT molecular complexity index is 905. The van der Waals surface area contributed by atoms with E-state index in [4.69, 9.17) is 28.9 Å². The van der Waals surface area contributed by atoms with Crippen molar-refractivity contribution in [2.45, 2.75) is 12.5 Å². The van der Waals surface area contributed by atoms with Gasteiger partial charge in [-0.15, -0.1) is 0 Å². The van der Waals surface area contributed by atoms with Gasteiger partial charge in [-0.1, -0.05) is 59.6 Å². The van der Waals surface area contributed by atoms with E-state index in [0.29, 0.717) is 27.8 Å². The predicted molar refractivity (Wildman–Crippen MR) is 116 cm³/mol. The van der Waals surface area contributed by atoms with Crippen LogP contribution in [0.1, 0.15) is 17.2 Å². The number of hydrogen-bond donors (Lipinski definition) is 4. The first kappa shape index (κ1) is 20.5. The molecule has 0 amide bonds. The molecular weight excluding hydrogens is 395 g/mol. The lowest BCUT2D eigenvalue weighted by Crippen LogP contribution is -2.23. The molecule has 4 nitrogen and oxygen atoms in total. The van der Waals surface area contributed by atoms with E-state index in [-0.39, 0.29) is 5.75 Å². The molecule has 1 unspecified atom stereocenters. The third-order valence-electron chi connectivity index (χ3n) is 4.57. The summed E-state index contributed by atoms with van der Waals surface area (Å²) in [5, 5.41) is 23.6. The Hall–Kier alpha value is -2.24. The number of phenolic OH excluding ortho intramolecular Hbond substituents is 1. The molecule has 0 heterocycles. The fraction of sp³-hybridized carbons (Fsp3) is 0.182. The fourth-order valence-electron chi connectivity index (χ4n) is 2.90. The molecule has 6 heteroatoms. The maximum Gasteiger partial charge on any atom is 0.115 e. The highest BCUT2D eigenvalue weighted by molar-refractivity contribution is 6.38. The molecule has 0 aromatic heterocycles. The van der Waals surface area contributed by atoms with E-state index in [1.807, 2.05) is 12.1 Å². The first-order valence-electron chi connectivity index (χ1n) is 8.95. The average molecular weight is 417 g/mol. The van der Waals surface area contributed by atoms with Crippen LogP contribution in [0.25, 0.3) is 11.1 Å². The van der Waals surface area contributed by atoms with Crippen molar-refractivity contribution in [3.05, 3.63) is 81.8 Å². The van der Waals surface area contributed by atoms with Gasteiger partial charge < -0.3 is 21.3 Å². The summed E-state index contributed by atoms with van der Waals surface area (Å²) < 4.78 is 0. The highest BCUT2D eigenvalue weighted by Crippen LogP contribution is 2.31. The van der Waals surface area contributed by atoms with Gasteiger partial charge in [-0.25, -0.2) is 0 Å². The molecule has 5 N–H and O–H groups in total. The standard InChI is InChI=1S/C22H22Cl2N2O2/c23-19-11-17(12-20(24)22(19)25)21(28)13-26-10-9-14-1-3-15(4-2-14)16-5-7-18(27)8-6-16/h1-8,11-12,21,26-28H,9-10,13,25H2. The number of phenols is 1. The van der Waals surface area contributed by atoms with Gasteiger partial charge >= 0.3 is 0 Å². The second kappa shape index (κ2) is 9.30. The Morgan fingerprint density at radius 3 is 2.00 bits per heavy atom. The number of nitrogen functional groups attached to an aromatic ring is 1. The first-order chi connectivity index (χ1) is 13.4. The maximum absolute atomic E-state index is 10.3. The first-order valence-corrected chi connectivity index (χ1v) is 9.71. The fourth-order valence-corrected chi connectivity index (χ4v) is 3.41. The highest BCUT2D eigenvalue weighted by atomic mass is 35.5. The Morgan fingerprint density at radius 1 is 0.893 bits per heavy atom. The normalized spacial score (nSPS) is 12.1. The van der Waals surface area contributed by atoms with Crippen LogP contribution in [0.15, 0.2) is 60.7 Å². The summed E-state index contributed by atoms with van der Waals surface area (Å²) in [7, 11) is 0. The molecule has 0 saturated heterocycles. The number of nitrogens with two attached hydrogens (primary N) is 1. The smallest absolute Gasteiger partial charge is 0.115 e. The number of rotatable bonds is 7. The summed E-state index contributed by atoms with van der Waals surface area (Å²) in [5.41, 5.74) is 10.0. The maximum atomic E-state index is 10.3. The van der Waals surface area contributed by atoms with Crippen LogP contribution in [0, 0.1) is 0 Å². The number of aliphatic hydroxyl groups is 1. The molecule has 3 aromatic rings. The Labute approximate surface area is 174 Å². The zero-order valence-corrected chi connectivity index (χ0v) is 16.7. The van der Waals surface area contributed by atoms with Gasteiger partial charge in [-0.3, -0.25) is 0 Å². The molecule has 0 fully saturated rings. The second-order valence-corrected chi connectivity index (χ2v) is 7.43. The van der Waals surface area contributed by atoms with E-state index in [9.17, 15) is 10.2 Å². The van der Waals surface area contributed by atoms with Crippen molar-refractivity contribution >= 4 is 28.9 Å². The third-order valence-corrected chi connectivity index (χ3v) is 5.19. The lowest BCUT2D eigenvalue weighted by Gasteiger charge is -2.14. The molecule has 0 spiro atoms. The largest absolute Gasteiger partial charge is 0.508 e. The lowest BCUT2D eigenvalue weighted by molar-refractivity contribution is 0.175. The van der Waals surface area contributed by atoms with Crippen LogP contribution < -0.4 is 11.1 Å². The molecule has 0 aliphatic rings. The van der Waals surface area contributed by atoms with E-state index in [1.54, 1.807) is 24.3 Å². The second-order valence-electron chi connectivity index (χ2n) is 6.61. The van der Waals surface area contributed by atoms with E-state index in [0.717, 1.165) is 24.1 Å². The van der Waals surface area contributed by atoms with Gasteiger partial charge in [0.1, 0.15) is 5.75 Å². The van der Waals surface area contributed by atoms with Crippen LogP contribution >= 0.6 is 23.2 Å². The molecule has 0 aliphatic carbocycles. The minimum Gasteiger partial charge on any atom is -0.508 e. The summed E-state index contributed by atoms with van der Waals surface area (Å²) in [6.07, 6.45) is 0.124. The van der Waals surface area contributed by atoms with Crippen molar-refractivity contribution in [2.24, 2.45) is 0 Å². The van der Waals surface area contributed by atoms with Crippen molar-refractivity contribution < 1.29 is 10.2 Å². The third kappa shape index (κ3) is 5.18. The van der Waals surface area contributed by atoms with Crippen molar-refractivity contribution in [3.63, 3.8) is 0 Å². The number of nitrogens with one attached hydrogen (secondary N) is 1. The van der Waals surface area contributed by atoms with Crippen LogP contribution in [-0.4, -0.2) is 23.3 Å². The van der Waals surface area contributed by atoms with Crippen molar-refractivity contribution in [2.75, 3.05) is 18.8 Å². The van der Waals surface area contributed by atoms with Gasteiger partial charge in [0.05, 0.1) is 21.8 Å². The van der Waals surface area contributed by atoms with Crippen molar-refractivity contribution in [3.8, 4) is 16.9 Å². The van der Waals surface area contributed by atoms with Gasteiger partial charge in [0.15, 0.2) is 0 Å². The monoisotopic (exact) mass is 416 g/mol. The molecule has 1 atom stereocenters. The predicted octanol–water partition coefficient (Wildman–Crippen LogP) is 4.81. The summed E-state index contributed by atoms with van der Waals surface area (Å²) in [5.74, 6) is 0.261. The molecular formula is C22H22Cl2N2O2. The van der Waals surface area contributed by atoms with Crippen LogP contribution in [0.3, 0.4) is 0 Å². The molecule has 0 aliphatic heterocycles. The highest BCUT2D eigenvalue weighted by Gasteiger charge is 2.12. The van der Waals surface area contributed by atoms with Crippen molar-refractivity contribution in [1.82, 2.24) is 5.32 Å². The number of halogens is 2. The summed E-state index contributed by atoms with van der Waals surface area (Å²) in [6, 6.07) is 18.7. The summed E-state index contributed by atoms with van der Waals surface area (Å²) in [6.45, 7) is 1.12. The molecule has 28 heavy (non-hydrogen) atoms. The van der Waals surface area contributed by atoms with Crippen LogP contribution in [0.4, 0.5) is 5.69 Å². The lowest BCUT2D eigenvalue weighted by atomic mass is 10.0. The van der Waals surface area contributed by atoms with E-state index in [2.05, 4.69) is 29.6 Å². The molecule has 0 saturated carbocycles. The van der Waals surface area contributed by atoms with E-state index in [1.165, 1.54) is 5.56 Å². The van der Waals surface area contributed by atoms with Gasteiger partial charge in [-0.05, 0) is 59.5 Å². The number of hydrogen-bond acceptors (Lipinski definition) is 4. The van der Waals surface area contributed by atoms with Gasteiger partial charge in [0.25, 0.3) is 0 Å². The Kier molecular flexibility index (Phi) is 6.81. The quantitative estimate of drug-likeness (QED) is 0.329. The Balaban J connectivity index is 1.49. The van der Waals surface area contributed by atoms with Crippen LogP contribution in [0.5, 0.6) is 5.75 Å². The Morgan fingerprint density at radius 2 is 1.43 bits per heavy atom. The molecule has 3 aromatic carbocycles. The number of benzene rings is 3. The molecule has 3 rings (SSSR count). The van der Waals surface area contributed by atoms with Gasteiger partial charge in [-0.2, -0.15) is 0 Å². The van der Waals surface area contributed by atoms with E-state index < -0.39 is 6.10 Å². The van der Waals surface area contributed by atoms with E-state index >= 15 is 0 Å². The zero-order chi connectivity index (χ0) is 20.1. The number of aromatic hydroxyl groups is 1. The van der Waals surface area contributed by atoms with Crippen molar-refractivity contribution in [1.29, 1.82) is 0 Å². The molecule has 0 radical (unpaired) electrons. The summed E-state index contributed by atoms with van der Waals surface area (Å²) in [4.78, 5) is 0. The number of aliphatic hydroxyl groups excluding tert-OH is 1. The van der Waals surface area contributed by atoms with Crippen LogP contribution in [0.2, 0.25) is 10.0 Å². The average Bonchev–Trinajstić information content (AvgIpc) is 2.70. The van der Waals surface area contributed by atoms with Crippen LogP contribution in [-0.2, 0) is 6.42 Å². The minimum absolute atomic E-state index is 0.261. The zero-order valence-electron chi connectivity index (χ0n) is 15.2. The number of anilines is 1. The van der Waals surface area contributed by atoms with Gasteiger partial charge in [0, 0.05) is 6.54 Å². The summed E-state index contributed by atoms with van der Waals surface area (Å²) >= 11 is 12.0. The SMILES string of the molecule is Nc1c(Cl)cc(C(O)CNCCc2ccc(-c3ccc(O)cc3)cc2)cc1Cl. The molecule has 146 valence electrons. The van der Waals surface area contributed by atoms with Gasteiger partial charge in [0.2, 0.25) is 0 Å².